The molecule has 0 saturated carbocycles. The van der Waals surface area contributed by atoms with E-state index in [0.29, 0.717) is 66.1 Å². The second-order valence-electron chi connectivity index (χ2n) is 11.3. The number of carboxylic acids is 1. The Hall–Kier alpha value is -3.26. The van der Waals surface area contributed by atoms with Gasteiger partial charge in [-0.05, 0) is 80.7 Å². The molecule has 9 heteroatoms. The predicted octanol–water partition coefficient (Wildman–Crippen LogP) is 6.30. The summed E-state index contributed by atoms with van der Waals surface area (Å²) in [6.45, 7) is 3.26. The number of ether oxygens (including phenoxy) is 2. The Labute approximate surface area is 256 Å². The third kappa shape index (κ3) is 5.83. The molecule has 3 aromatic rings. The fraction of sp³-hybridized carbons (Fsp3) is 0.394. The summed E-state index contributed by atoms with van der Waals surface area (Å²) >= 11 is 12.8. The maximum atomic E-state index is 13.7. The van der Waals surface area contributed by atoms with E-state index in [-0.39, 0.29) is 11.3 Å². The summed E-state index contributed by atoms with van der Waals surface area (Å²) in [6, 6.07) is 20.6. The fourth-order valence-electron chi connectivity index (χ4n) is 6.52. The summed E-state index contributed by atoms with van der Waals surface area (Å²) in [7, 11) is 3.12. The second-order valence-corrected chi connectivity index (χ2v) is 12.1. The zero-order valence-corrected chi connectivity index (χ0v) is 25.5. The first-order chi connectivity index (χ1) is 20.2. The standard InChI is InChI=1S/C33H36Cl2N2O5/c1-41-25-9-10-26(29(21-25)42-2)30(38)37-19-13-32(22-37,24-8-11-27(34)28(35)20-24)12-16-36-17-14-33(15-18-36,31(39)40)23-6-4-3-5-7-23/h3-11,20-21H,12-19,22H2,1-2H3,(H,39,40). The molecule has 222 valence electrons. The number of carbonyl (C=O) groups excluding carboxylic acids is 1. The van der Waals surface area contributed by atoms with Gasteiger partial charge in [-0.15, -0.1) is 0 Å². The van der Waals surface area contributed by atoms with Gasteiger partial charge in [0.15, 0.2) is 0 Å². The lowest BCUT2D eigenvalue weighted by atomic mass is 9.72. The van der Waals surface area contributed by atoms with Crippen molar-refractivity contribution in [3.63, 3.8) is 0 Å². The van der Waals surface area contributed by atoms with Crippen LogP contribution in [0.2, 0.25) is 10.0 Å². The Kier molecular flexibility index (Phi) is 9.02. The molecule has 7 nitrogen and oxygen atoms in total. The number of nitrogens with zero attached hydrogens (tertiary/aromatic N) is 2. The summed E-state index contributed by atoms with van der Waals surface area (Å²) in [6.07, 6.45) is 2.66. The minimum absolute atomic E-state index is 0.0940. The van der Waals surface area contributed by atoms with E-state index in [1.807, 2.05) is 53.4 Å². The molecule has 2 heterocycles. The molecule has 3 aromatic carbocycles. The molecular formula is C33H36Cl2N2O5. The number of aliphatic carboxylic acids is 1. The topological polar surface area (TPSA) is 79.3 Å². The number of rotatable bonds is 9. The van der Waals surface area contributed by atoms with E-state index in [9.17, 15) is 14.7 Å². The van der Waals surface area contributed by atoms with Crippen LogP contribution in [0.3, 0.4) is 0 Å². The zero-order valence-electron chi connectivity index (χ0n) is 23.9. The maximum absolute atomic E-state index is 13.7. The van der Waals surface area contributed by atoms with E-state index < -0.39 is 11.4 Å². The highest BCUT2D eigenvalue weighted by atomic mass is 35.5. The van der Waals surface area contributed by atoms with Crippen LogP contribution in [-0.2, 0) is 15.6 Å². The number of hydrogen-bond donors (Lipinski definition) is 1. The third-order valence-electron chi connectivity index (χ3n) is 9.16. The Bertz CT molecular complexity index is 1440. The second kappa shape index (κ2) is 12.5. The van der Waals surface area contributed by atoms with Gasteiger partial charge < -0.3 is 24.4 Å². The molecule has 0 bridgehead atoms. The van der Waals surface area contributed by atoms with Crippen molar-refractivity contribution >= 4 is 35.1 Å². The monoisotopic (exact) mass is 610 g/mol. The Morgan fingerprint density at radius 2 is 1.60 bits per heavy atom. The van der Waals surface area contributed by atoms with Gasteiger partial charge in [-0.3, -0.25) is 9.59 Å². The van der Waals surface area contributed by atoms with E-state index >= 15 is 0 Å². The van der Waals surface area contributed by atoms with Crippen LogP contribution in [0.25, 0.3) is 0 Å². The number of carboxylic acid groups (broad SMARTS) is 1. The molecule has 0 radical (unpaired) electrons. The van der Waals surface area contributed by atoms with Gasteiger partial charge in [0.1, 0.15) is 11.5 Å². The van der Waals surface area contributed by atoms with Gasteiger partial charge in [0, 0.05) is 24.6 Å². The largest absolute Gasteiger partial charge is 0.497 e. The van der Waals surface area contributed by atoms with Crippen LogP contribution < -0.4 is 9.47 Å². The first-order valence-corrected chi connectivity index (χ1v) is 14.9. The molecule has 2 saturated heterocycles. The maximum Gasteiger partial charge on any atom is 0.314 e. The molecule has 0 aromatic heterocycles. The lowest BCUT2D eigenvalue weighted by molar-refractivity contribution is -0.146. The number of methoxy groups -OCH3 is 2. The fourth-order valence-corrected chi connectivity index (χ4v) is 6.81. The summed E-state index contributed by atoms with van der Waals surface area (Å²) in [5, 5.41) is 11.2. The SMILES string of the molecule is COc1ccc(C(=O)N2CCC(CCN3CCC(C(=O)O)(c4ccccc4)CC3)(c3ccc(Cl)c(Cl)c3)C2)c(OC)c1. The minimum Gasteiger partial charge on any atom is -0.497 e. The molecular weight excluding hydrogens is 575 g/mol. The molecule has 2 aliphatic rings. The van der Waals surface area contributed by atoms with Gasteiger partial charge in [0.25, 0.3) is 5.91 Å². The zero-order chi connectivity index (χ0) is 29.9. The van der Waals surface area contributed by atoms with Crippen LogP contribution in [0.4, 0.5) is 0 Å². The highest BCUT2D eigenvalue weighted by Gasteiger charge is 2.45. The van der Waals surface area contributed by atoms with Crippen molar-refractivity contribution in [1.29, 1.82) is 0 Å². The van der Waals surface area contributed by atoms with Crippen LogP contribution in [0, 0.1) is 0 Å². The Morgan fingerprint density at radius 3 is 2.24 bits per heavy atom. The number of benzene rings is 3. The third-order valence-corrected chi connectivity index (χ3v) is 9.90. The lowest BCUT2D eigenvalue weighted by Gasteiger charge is -2.40. The van der Waals surface area contributed by atoms with E-state index in [2.05, 4.69) is 4.90 Å². The summed E-state index contributed by atoms with van der Waals surface area (Å²) in [5.41, 5.74) is 1.21. The van der Waals surface area contributed by atoms with E-state index in [0.717, 1.165) is 30.5 Å². The van der Waals surface area contributed by atoms with Crippen molar-refractivity contribution in [2.24, 2.45) is 0 Å². The van der Waals surface area contributed by atoms with Crippen molar-refractivity contribution in [3.05, 3.63) is 93.5 Å². The normalized spacial score (nSPS) is 20.3. The Morgan fingerprint density at radius 1 is 0.857 bits per heavy atom. The van der Waals surface area contributed by atoms with E-state index in [1.54, 1.807) is 32.4 Å². The average Bonchev–Trinajstić information content (AvgIpc) is 3.47. The number of piperidine rings is 1. The number of amides is 1. The average molecular weight is 612 g/mol. The van der Waals surface area contributed by atoms with Crippen LogP contribution >= 0.6 is 23.2 Å². The van der Waals surface area contributed by atoms with Crippen molar-refractivity contribution in [3.8, 4) is 11.5 Å². The highest BCUT2D eigenvalue weighted by molar-refractivity contribution is 6.42. The van der Waals surface area contributed by atoms with Crippen molar-refractivity contribution < 1.29 is 24.2 Å². The van der Waals surface area contributed by atoms with Crippen LogP contribution in [0.1, 0.15) is 47.2 Å². The molecule has 5 rings (SSSR count). The molecule has 1 N–H and O–H groups in total. The molecule has 2 fully saturated rings. The van der Waals surface area contributed by atoms with Gasteiger partial charge in [-0.2, -0.15) is 0 Å². The summed E-state index contributed by atoms with van der Waals surface area (Å²) < 4.78 is 10.8. The first-order valence-electron chi connectivity index (χ1n) is 14.2. The van der Waals surface area contributed by atoms with Gasteiger partial charge >= 0.3 is 5.97 Å². The quantitative estimate of drug-likeness (QED) is 0.306. The predicted molar refractivity (Wildman–Crippen MR) is 164 cm³/mol. The number of carbonyl (C=O) groups is 2. The van der Waals surface area contributed by atoms with Crippen LogP contribution in [-0.4, -0.2) is 73.7 Å². The lowest BCUT2D eigenvalue weighted by Crippen LogP contribution is -2.48. The van der Waals surface area contributed by atoms with Gasteiger partial charge in [-0.1, -0.05) is 59.6 Å². The highest BCUT2D eigenvalue weighted by Crippen LogP contribution is 2.42. The van der Waals surface area contributed by atoms with Crippen LogP contribution in [0.15, 0.2) is 66.7 Å². The van der Waals surface area contributed by atoms with Gasteiger partial charge in [0.2, 0.25) is 0 Å². The first kappa shape index (κ1) is 30.2. The van der Waals surface area contributed by atoms with Crippen molar-refractivity contribution in [1.82, 2.24) is 9.80 Å². The van der Waals surface area contributed by atoms with E-state index in [4.69, 9.17) is 32.7 Å². The Balaban J connectivity index is 1.35. The van der Waals surface area contributed by atoms with Crippen molar-refractivity contribution in [2.45, 2.75) is 36.5 Å². The minimum atomic E-state index is -0.868. The molecule has 2 aliphatic heterocycles. The molecule has 1 unspecified atom stereocenters. The number of halogens is 2. The molecule has 0 aliphatic carbocycles. The molecule has 1 amide bonds. The molecule has 42 heavy (non-hydrogen) atoms. The van der Waals surface area contributed by atoms with E-state index in [1.165, 1.54) is 0 Å². The van der Waals surface area contributed by atoms with Crippen molar-refractivity contribution in [2.75, 3.05) is 46.9 Å². The van der Waals surface area contributed by atoms with Gasteiger partial charge in [0.05, 0.1) is 35.2 Å². The van der Waals surface area contributed by atoms with Crippen LogP contribution in [0.5, 0.6) is 11.5 Å². The molecule has 1 atom stereocenters. The van der Waals surface area contributed by atoms with Gasteiger partial charge in [-0.25, -0.2) is 0 Å². The summed E-state index contributed by atoms with van der Waals surface area (Å²) in [4.78, 5) is 30.4. The number of likely N-dealkylation sites (tertiary alicyclic amines) is 2. The smallest absolute Gasteiger partial charge is 0.314 e. The number of hydrogen-bond acceptors (Lipinski definition) is 5. The summed E-state index contributed by atoms with van der Waals surface area (Å²) in [5.74, 6) is 0.235. The molecule has 0 spiro atoms.